The molecule has 3 aromatic carbocycles. The van der Waals surface area contributed by atoms with Gasteiger partial charge >= 0.3 is 0 Å². The number of anilines is 2. The van der Waals surface area contributed by atoms with Gasteiger partial charge in [0, 0.05) is 40.5 Å². The van der Waals surface area contributed by atoms with Gasteiger partial charge in [-0.3, -0.25) is 14.4 Å². The van der Waals surface area contributed by atoms with Gasteiger partial charge in [-0.15, -0.1) is 0 Å². The van der Waals surface area contributed by atoms with Crippen LogP contribution >= 0.6 is 23.2 Å². The second kappa shape index (κ2) is 10.0. The molecule has 5 rings (SSSR count). The molecule has 2 aliphatic rings. The number of hydrogen-bond acceptors (Lipinski definition) is 4. The molecule has 4 N–H and O–H groups in total. The Morgan fingerprint density at radius 1 is 1.08 bits per heavy atom. The van der Waals surface area contributed by atoms with Crippen LogP contribution in [0.2, 0.25) is 10.0 Å². The molecule has 0 aromatic heterocycles. The number of benzene rings is 3. The quantitative estimate of drug-likeness (QED) is 0.362. The van der Waals surface area contributed by atoms with Crippen molar-refractivity contribution in [2.45, 2.75) is 37.3 Å². The molecular formula is C28H25Cl2FN4O3. The number of nitrogens with one attached hydrogen (secondary N) is 4. The van der Waals surface area contributed by atoms with Crippen molar-refractivity contribution in [3.05, 3.63) is 93.2 Å². The van der Waals surface area contributed by atoms with E-state index in [1.54, 1.807) is 54.6 Å². The number of amides is 3. The summed E-state index contributed by atoms with van der Waals surface area (Å²) >= 11 is 12.3. The van der Waals surface area contributed by atoms with E-state index in [-0.39, 0.29) is 35.0 Å². The average Bonchev–Trinajstić information content (AvgIpc) is 3.39. The summed E-state index contributed by atoms with van der Waals surface area (Å²) < 4.78 is 15.4. The first-order valence-electron chi connectivity index (χ1n) is 12.1. The van der Waals surface area contributed by atoms with Crippen LogP contribution in [0.15, 0.2) is 60.7 Å². The van der Waals surface area contributed by atoms with Crippen LogP contribution in [-0.4, -0.2) is 36.3 Å². The Labute approximate surface area is 229 Å². The van der Waals surface area contributed by atoms with Crippen LogP contribution in [0.1, 0.15) is 41.3 Å². The molecule has 2 heterocycles. The summed E-state index contributed by atoms with van der Waals surface area (Å²) in [5, 5.41) is 12.0. The maximum atomic E-state index is 15.4. The molecule has 1 saturated heterocycles. The van der Waals surface area contributed by atoms with Gasteiger partial charge in [-0.2, -0.15) is 0 Å². The van der Waals surface area contributed by atoms with Crippen LogP contribution in [0.25, 0.3) is 0 Å². The van der Waals surface area contributed by atoms with E-state index in [1.165, 1.54) is 6.07 Å². The van der Waals surface area contributed by atoms with E-state index in [2.05, 4.69) is 21.3 Å². The number of halogens is 3. The van der Waals surface area contributed by atoms with Gasteiger partial charge in [0.05, 0.1) is 16.5 Å². The molecule has 0 radical (unpaired) electrons. The molecule has 7 nitrogen and oxygen atoms in total. The highest BCUT2D eigenvalue weighted by molar-refractivity contribution is 6.31. The largest absolute Gasteiger partial charge is 0.350 e. The van der Waals surface area contributed by atoms with E-state index in [4.69, 9.17) is 23.2 Å². The highest BCUT2D eigenvalue weighted by Gasteiger charge is 2.61. The molecule has 2 aliphatic heterocycles. The molecule has 1 spiro atoms. The fourth-order valence-corrected chi connectivity index (χ4v) is 5.71. The van der Waals surface area contributed by atoms with Gasteiger partial charge < -0.3 is 21.3 Å². The fourth-order valence-electron chi connectivity index (χ4n) is 5.35. The van der Waals surface area contributed by atoms with Crippen LogP contribution < -0.4 is 21.3 Å². The molecule has 0 unspecified atom stereocenters. The number of rotatable bonds is 5. The lowest BCUT2D eigenvalue weighted by molar-refractivity contribution is -0.121. The minimum Gasteiger partial charge on any atom is -0.350 e. The van der Waals surface area contributed by atoms with Crippen molar-refractivity contribution < 1.29 is 18.8 Å². The van der Waals surface area contributed by atoms with E-state index in [0.717, 1.165) is 0 Å². The number of carbonyl (C=O) groups is 3. The van der Waals surface area contributed by atoms with Crippen molar-refractivity contribution in [3.63, 3.8) is 0 Å². The predicted molar refractivity (Wildman–Crippen MR) is 145 cm³/mol. The molecule has 3 aromatic rings. The predicted octanol–water partition coefficient (Wildman–Crippen LogP) is 4.85. The van der Waals surface area contributed by atoms with E-state index < -0.39 is 29.1 Å². The molecule has 0 saturated carbocycles. The molecular weight excluding hydrogens is 530 g/mol. The van der Waals surface area contributed by atoms with Gasteiger partial charge in [0.15, 0.2) is 0 Å². The zero-order valence-corrected chi connectivity index (χ0v) is 22.1. The van der Waals surface area contributed by atoms with Crippen molar-refractivity contribution in [1.29, 1.82) is 0 Å². The van der Waals surface area contributed by atoms with Gasteiger partial charge in [-0.1, -0.05) is 41.4 Å². The summed E-state index contributed by atoms with van der Waals surface area (Å²) in [6.07, 6.45) is 0. The average molecular weight is 555 g/mol. The maximum absolute atomic E-state index is 15.4. The van der Waals surface area contributed by atoms with Gasteiger partial charge in [-0.25, -0.2) is 4.39 Å². The van der Waals surface area contributed by atoms with Crippen LogP contribution in [-0.2, 0) is 15.0 Å². The first-order chi connectivity index (χ1) is 18.1. The standard InChI is InChI=1S/C28H25Cl2FN4O3/c1-14(2)33-25(36)15-6-9-17(10-7-15)34-26(37)24-22(18-4-3-5-20(30)23(18)31)28(13-32-24)19-11-8-16(29)12-21(19)35-27(28)38/h3-12,14,22,24,32H,13H2,1-2H3,(H,33,36)(H,34,37)(H,35,38)/t22-,24+,28-/m0/s1. The second-order valence-electron chi connectivity index (χ2n) is 9.79. The van der Waals surface area contributed by atoms with E-state index in [1.807, 2.05) is 13.8 Å². The first-order valence-corrected chi connectivity index (χ1v) is 12.9. The highest BCUT2D eigenvalue weighted by Crippen LogP contribution is 2.52. The smallest absolute Gasteiger partial charge is 0.251 e. The van der Waals surface area contributed by atoms with Crippen molar-refractivity contribution in [1.82, 2.24) is 10.6 Å². The third-order valence-corrected chi connectivity index (χ3v) is 7.54. The Hall–Kier alpha value is -3.46. The summed E-state index contributed by atoms with van der Waals surface area (Å²) in [5.74, 6) is -2.64. The van der Waals surface area contributed by atoms with Gasteiger partial charge in [0.25, 0.3) is 5.91 Å². The summed E-state index contributed by atoms with van der Waals surface area (Å²) in [6.45, 7) is 3.83. The molecule has 0 bridgehead atoms. The van der Waals surface area contributed by atoms with Crippen molar-refractivity contribution in [2.24, 2.45) is 0 Å². The van der Waals surface area contributed by atoms with Gasteiger partial charge in [-0.05, 0) is 67.4 Å². The Morgan fingerprint density at radius 2 is 1.82 bits per heavy atom. The second-order valence-corrected chi connectivity index (χ2v) is 10.6. The van der Waals surface area contributed by atoms with Crippen molar-refractivity contribution >= 4 is 52.3 Å². The fraction of sp³-hybridized carbons (Fsp3) is 0.250. The molecule has 38 heavy (non-hydrogen) atoms. The Balaban J connectivity index is 1.51. The van der Waals surface area contributed by atoms with Gasteiger partial charge in [0.1, 0.15) is 5.82 Å². The number of carbonyl (C=O) groups excluding carboxylic acids is 3. The monoisotopic (exact) mass is 554 g/mol. The van der Waals surface area contributed by atoms with E-state index in [0.29, 0.717) is 27.5 Å². The number of hydrogen-bond donors (Lipinski definition) is 4. The highest BCUT2D eigenvalue weighted by atomic mass is 35.5. The lowest BCUT2D eigenvalue weighted by Crippen LogP contribution is -2.44. The lowest BCUT2D eigenvalue weighted by Gasteiger charge is -2.31. The van der Waals surface area contributed by atoms with Crippen LogP contribution in [0.3, 0.4) is 0 Å². The Morgan fingerprint density at radius 3 is 2.53 bits per heavy atom. The summed E-state index contributed by atoms with van der Waals surface area (Å²) in [5.41, 5.74) is 0.930. The van der Waals surface area contributed by atoms with Crippen molar-refractivity contribution in [3.8, 4) is 0 Å². The molecule has 196 valence electrons. The minimum absolute atomic E-state index is 0.0135. The molecule has 1 fully saturated rings. The lowest BCUT2D eigenvalue weighted by atomic mass is 9.68. The maximum Gasteiger partial charge on any atom is 0.251 e. The zero-order chi connectivity index (χ0) is 27.2. The summed E-state index contributed by atoms with van der Waals surface area (Å²) in [6, 6.07) is 15.1. The summed E-state index contributed by atoms with van der Waals surface area (Å²) in [7, 11) is 0. The normalized spacial score (nSPS) is 21.9. The van der Waals surface area contributed by atoms with Crippen LogP contribution in [0.4, 0.5) is 15.8 Å². The zero-order valence-electron chi connectivity index (χ0n) is 20.6. The minimum atomic E-state index is -1.27. The van der Waals surface area contributed by atoms with E-state index >= 15 is 4.39 Å². The molecule has 10 heteroatoms. The topological polar surface area (TPSA) is 99.3 Å². The third-order valence-electron chi connectivity index (χ3n) is 7.01. The van der Waals surface area contributed by atoms with Crippen LogP contribution in [0.5, 0.6) is 0 Å². The van der Waals surface area contributed by atoms with Gasteiger partial charge in [0.2, 0.25) is 11.8 Å². The SMILES string of the molecule is CC(C)NC(=O)c1ccc(NC(=O)[C@@H]2NC[C@@]3(C(=O)Nc4cc(Cl)ccc43)[C@H]2c2cccc(Cl)c2F)cc1. The Bertz CT molecular complexity index is 1450. The third kappa shape index (κ3) is 4.42. The Kier molecular flexibility index (Phi) is 6.90. The van der Waals surface area contributed by atoms with Crippen molar-refractivity contribution in [2.75, 3.05) is 17.2 Å². The van der Waals surface area contributed by atoms with Crippen LogP contribution in [0, 0.1) is 5.82 Å². The number of fused-ring (bicyclic) bond motifs is 2. The molecule has 3 atom stereocenters. The molecule has 3 amide bonds. The van der Waals surface area contributed by atoms with E-state index in [9.17, 15) is 14.4 Å². The first kappa shape index (κ1) is 26.2. The molecule has 0 aliphatic carbocycles. The summed E-state index contributed by atoms with van der Waals surface area (Å²) in [4.78, 5) is 39.4.